The summed E-state index contributed by atoms with van der Waals surface area (Å²) in [6.07, 6.45) is 0. The Bertz CT molecular complexity index is 23.7. The molecule has 0 nitrogen and oxygen atoms in total. The van der Waals surface area contributed by atoms with E-state index >= 15 is 0 Å². The predicted molar refractivity (Wildman–Crippen MR) is 32.4 cm³/mol. The largest absolute Gasteiger partial charge is 0.212 e. The van der Waals surface area contributed by atoms with Gasteiger partial charge in [-0.3, -0.25) is 0 Å². The summed E-state index contributed by atoms with van der Waals surface area (Å²) in [5.41, 5.74) is 0. The SMILES string of the molecule is CC(C)[CH2][AlH2].[HH].[HH]. The van der Waals surface area contributed by atoms with Crippen molar-refractivity contribution in [1.82, 2.24) is 0 Å². The summed E-state index contributed by atoms with van der Waals surface area (Å²) in [7, 11) is 0. The fraction of sp³-hybridized carbons (Fsp3) is 1.00. The first kappa shape index (κ1) is 5.53. The first-order valence-electron chi connectivity index (χ1n) is 2.27. The lowest BCUT2D eigenvalue weighted by Gasteiger charge is -1.90. The van der Waals surface area contributed by atoms with Crippen molar-refractivity contribution in [3.8, 4) is 0 Å². The molecule has 0 aromatic carbocycles. The van der Waals surface area contributed by atoms with Crippen LogP contribution in [0.3, 0.4) is 0 Å². The third kappa shape index (κ3) is 4.53. The van der Waals surface area contributed by atoms with Gasteiger partial charge in [-0.2, -0.15) is 0 Å². The first-order chi connectivity index (χ1) is 2.27. The van der Waals surface area contributed by atoms with Gasteiger partial charge in [-0.15, -0.1) is 0 Å². The van der Waals surface area contributed by atoms with Crippen molar-refractivity contribution < 1.29 is 2.85 Å². The monoisotopic (exact) mass is 90.1 g/mol. The number of hydrogen-bond donors (Lipinski definition) is 0. The van der Waals surface area contributed by atoms with Crippen molar-refractivity contribution in [2.24, 2.45) is 5.92 Å². The third-order valence-electron chi connectivity index (χ3n) is 0.816. The van der Waals surface area contributed by atoms with Gasteiger partial charge < -0.3 is 0 Å². The zero-order valence-corrected chi connectivity index (χ0v) is 6.28. The van der Waals surface area contributed by atoms with Crippen LogP contribution in [0.2, 0.25) is 5.28 Å². The Morgan fingerprint density at radius 1 is 1.80 bits per heavy atom. The van der Waals surface area contributed by atoms with E-state index in [1.165, 1.54) is 21.6 Å². The molecule has 0 N–H and O–H groups in total. The smallest absolute Gasteiger partial charge is 0.0990 e. The molecule has 0 heterocycles. The third-order valence-corrected chi connectivity index (χ3v) is 2.45. The van der Waals surface area contributed by atoms with E-state index < -0.39 is 0 Å². The molecule has 0 spiro atoms. The topological polar surface area (TPSA) is 0 Å². The molecule has 0 aromatic heterocycles. The molecular formula is C4H15Al. The van der Waals surface area contributed by atoms with E-state index in [2.05, 4.69) is 13.8 Å². The second-order valence-corrected chi connectivity index (χ2v) is 2.62. The molecule has 0 radical (unpaired) electrons. The van der Waals surface area contributed by atoms with Crippen LogP contribution in [-0.2, 0) is 0 Å². The molecule has 0 aliphatic heterocycles. The van der Waals surface area contributed by atoms with Crippen molar-refractivity contribution in [2.75, 3.05) is 0 Å². The van der Waals surface area contributed by atoms with Crippen LogP contribution in [-0.4, -0.2) is 16.3 Å². The Morgan fingerprint density at radius 3 is 2.00 bits per heavy atom. The zero-order chi connectivity index (χ0) is 4.28. The lowest BCUT2D eigenvalue weighted by Crippen LogP contribution is -1.80. The number of rotatable bonds is 1. The molecular weight excluding hydrogens is 75.0 g/mol. The van der Waals surface area contributed by atoms with E-state index in [0.29, 0.717) is 0 Å². The minimum absolute atomic E-state index is 0. The van der Waals surface area contributed by atoms with E-state index in [4.69, 9.17) is 0 Å². The van der Waals surface area contributed by atoms with Gasteiger partial charge in [0.05, 0.1) is 0 Å². The Hall–Kier alpha value is 0.532. The number of hydrogen-bond acceptors (Lipinski definition) is 0. The summed E-state index contributed by atoms with van der Waals surface area (Å²) in [4.78, 5) is 0. The molecule has 0 aliphatic rings. The molecule has 0 unspecified atom stereocenters. The maximum absolute atomic E-state index is 2.26. The summed E-state index contributed by atoms with van der Waals surface area (Å²) in [6, 6.07) is 0. The Morgan fingerprint density at radius 2 is 2.00 bits per heavy atom. The van der Waals surface area contributed by atoms with Crippen LogP contribution in [0.1, 0.15) is 16.7 Å². The van der Waals surface area contributed by atoms with Gasteiger partial charge in [0.1, 0.15) is 0 Å². The van der Waals surface area contributed by atoms with Gasteiger partial charge in [-0.25, -0.2) is 0 Å². The second kappa shape index (κ2) is 2.75. The summed E-state index contributed by atoms with van der Waals surface area (Å²) in [6.45, 7) is 4.51. The van der Waals surface area contributed by atoms with Crippen LogP contribution in [0.5, 0.6) is 0 Å². The zero-order valence-electron chi connectivity index (χ0n) is 4.28. The van der Waals surface area contributed by atoms with Crippen LogP contribution < -0.4 is 0 Å². The maximum Gasteiger partial charge on any atom is 0.212 e. The standard InChI is InChI=1S/C4H9.Al.2H2.2H/c1-4(2)3;;;;;/h4H,1H2,2-3H3;;2*1H;;. The van der Waals surface area contributed by atoms with Crippen molar-refractivity contribution >= 4 is 16.3 Å². The lowest BCUT2D eigenvalue weighted by molar-refractivity contribution is 0.735. The first-order valence-corrected chi connectivity index (χ1v) is 3.68. The van der Waals surface area contributed by atoms with Crippen LogP contribution in [0.25, 0.3) is 0 Å². The van der Waals surface area contributed by atoms with Crippen LogP contribution in [0, 0.1) is 5.92 Å². The molecule has 0 atom stereocenters. The highest BCUT2D eigenvalue weighted by Gasteiger charge is 1.80. The fourth-order valence-corrected chi connectivity index (χ4v) is 0. The predicted octanol–water partition coefficient (Wildman–Crippen LogP) is 1.19. The molecule has 0 fully saturated rings. The van der Waals surface area contributed by atoms with Crippen LogP contribution >= 0.6 is 0 Å². The molecule has 1 heteroatoms. The molecule has 34 valence electrons. The van der Waals surface area contributed by atoms with E-state index in [1.54, 1.807) is 0 Å². The Kier molecular flexibility index (Phi) is 3.05. The quantitative estimate of drug-likeness (QED) is 0.424. The summed E-state index contributed by atoms with van der Waals surface area (Å²) in [5, 5.41) is 1.44. The Labute approximate surface area is 45.0 Å². The van der Waals surface area contributed by atoms with Crippen molar-refractivity contribution in [3.05, 3.63) is 0 Å². The fourth-order valence-electron chi connectivity index (χ4n) is 0. The summed E-state index contributed by atoms with van der Waals surface area (Å²) < 4.78 is 0. The van der Waals surface area contributed by atoms with Crippen LogP contribution in [0.15, 0.2) is 0 Å². The van der Waals surface area contributed by atoms with Gasteiger partial charge in [-0.1, -0.05) is 25.0 Å². The van der Waals surface area contributed by atoms with Gasteiger partial charge in [-0.05, 0) is 0 Å². The van der Waals surface area contributed by atoms with Gasteiger partial charge >= 0.3 is 0 Å². The normalized spacial score (nSPS) is 9.40. The van der Waals surface area contributed by atoms with E-state index in [0.717, 1.165) is 5.92 Å². The Balaban J connectivity index is -0.0000000800. The average molecular weight is 90.1 g/mol. The van der Waals surface area contributed by atoms with E-state index in [1.807, 2.05) is 0 Å². The van der Waals surface area contributed by atoms with Gasteiger partial charge in [0, 0.05) is 2.85 Å². The average Bonchev–Trinajstić information content (AvgIpc) is 1.38. The minimum Gasteiger partial charge on any atom is -0.0990 e. The van der Waals surface area contributed by atoms with Gasteiger partial charge in [0.15, 0.2) is 0 Å². The molecule has 5 heavy (non-hydrogen) atoms. The van der Waals surface area contributed by atoms with E-state index in [-0.39, 0.29) is 2.85 Å². The highest BCUT2D eigenvalue weighted by molar-refractivity contribution is 6.08. The van der Waals surface area contributed by atoms with Crippen LogP contribution in [0.4, 0.5) is 0 Å². The van der Waals surface area contributed by atoms with Crippen molar-refractivity contribution in [3.63, 3.8) is 0 Å². The molecule has 0 amide bonds. The van der Waals surface area contributed by atoms with Gasteiger partial charge in [0.2, 0.25) is 16.3 Å². The van der Waals surface area contributed by atoms with E-state index in [9.17, 15) is 0 Å². The van der Waals surface area contributed by atoms with Crippen molar-refractivity contribution in [2.45, 2.75) is 19.1 Å². The highest BCUT2D eigenvalue weighted by atomic mass is 27.0. The molecule has 0 saturated carbocycles. The van der Waals surface area contributed by atoms with Gasteiger partial charge in [0.25, 0.3) is 0 Å². The molecule has 0 aromatic rings. The molecule has 0 bridgehead atoms. The maximum atomic E-state index is 2.26. The highest BCUT2D eigenvalue weighted by Crippen LogP contribution is 1.92. The van der Waals surface area contributed by atoms with Crippen molar-refractivity contribution in [1.29, 1.82) is 0 Å². The minimum atomic E-state index is 0. The summed E-state index contributed by atoms with van der Waals surface area (Å²) in [5.74, 6) is 0.946. The second-order valence-electron chi connectivity index (χ2n) is 1.80. The molecule has 0 rings (SSSR count). The summed E-state index contributed by atoms with van der Waals surface area (Å²) >= 11 is 1.37. The molecule has 0 aliphatic carbocycles. The molecule has 0 saturated heterocycles. The lowest BCUT2D eigenvalue weighted by atomic mass is 10.3.